The molecule has 0 spiro atoms. The maximum atomic E-state index is 12.4. The molecule has 37 heavy (non-hydrogen) atoms. The lowest BCUT2D eigenvalue weighted by Crippen LogP contribution is -2.28. The number of aromatic amines is 2. The fraction of sp³-hybridized carbons (Fsp3) is 0.172. The highest BCUT2D eigenvalue weighted by atomic mass is 32.1. The maximum absolute atomic E-state index is 12.4. The highest BCUT2D eigenvalue weighted by Gasteiger charge is 2.25. The van der Waals surface area contributed by atoms with Gasteiger partial charge in [-0.3, -0.25) is 19.9 Å². The third kappa shape index (κ3) is 3.90. The first-order chi connectivity index (χ1) is 18.1. The van der Waals surface area contributed by atoms with Crippen molar-refractivity contribution in [3.63, 3.8) is 0 Å². The summed E-state index contributed by atoms with van der Waals surface area (Å²) in [6, 6.07) is 14.6. The molecule has 7 rings (SSSR count). The number of anilines is 1. The predicted octanol–water partition coefficient (Wildman–Crippen LogP) is 6.94. The number of rotatable bonds is 5. The zero-order valence-electron chi connectivity index (χ0n) is 20.2. The molecule has 182 valence electrons. The number of aryl methyl sites for hydroxylation is 1. The lowest BCUT2D eigenvalue weighted by molar-refractivity contribution is -0.122. The summed E-state index contributed by atoms with van der Waals surface area (Å²) in [5.74, 6) is 0.215. The quantitative estimate of drug-likeness (QED) is 0.237. The molecule has 6 aromatic rings. The van der Waals surface area contributed by atoms with Crippen LogP contribution < -0.4 is 5.32 Å². The molecule has 7 nitrogen and oxygen atoms in total. The second-order valence-electron chi connectivity index (χ2n) is 9.65. The summed E-state index contributed by atoms with van der Waals surface area (Å²) in [6.07, 6.45) is 10.4. The lowest BCUT2D eigenvalue weighted by atomic mass is 9.85. The van der Waals surface area contributed by atoms with Crippen LogP contribution in [-0.4, -0.2) is 31.1 Å². The summed E-state index contributed by atoms with van der Waals surface area (Å²) in [4.78, 5) is 27.3. The third-order valence-electron chi connectivity index (χ3n) is 7.18. The Kier molecular flexibility index (Phi) is 5.14. The van der Waals surface area contributed by atoms with Crippen LogP contribution in [0.5, 0.6) is 0 Å². The third-order valence-corrected chi connectivity index (χ3v) is 8.22. The van der Waals surface area contributed by atoms with E-state index in [-0.39, 0.29) is 11.8 Å². The number of thiophene rings is 1. The minimum atomic E-state index is 0.0863. The highest BCUT2D eigenvalue weighted by Crippen LogP contribution is 2.37. The molecule has 0 radical (unpaired) electrons. The first-order valence-corrected chi connectivity index (χ1v) is 13.2. The van der Waals surface area contributed by atoms with E-state index in [9.17, 15) is 4.79 Å². The van der Waals surface area contributed by atoms with Gasteiger partial charge in [0.1, 0.15) is 5.69 Å². The van der Waals surface area contributed by atoms with Crippen molar-refractivity contribution in [2.24, 2.45) is 5.92 Å². The Hall–Kier alpha value is -4.30. The van der Waals surface area contributed by atoms with Crippen LogP contribution in [0.25, 0.3) is 54.8 Å². The van der Waals surface area contributed by atoms with Crippen LogP contribution in [-0.2, 0) is 4.79 Å². The number of carbonyl (C=O) groups is 1. The van der Waals surface area contributed by atoms with Crippen molar-refractivity contribution in [3.05, 3.63) is 72.1 Å². The number of amides is 1. The summed E-state index contributed by atoms with van der Waals surface area (Å²) in [5, 5.41) is 13.0. The Labute approximate surface area is 217 Å². The van der Waals surface area contributed by atoms with E-state index in [4.69, 9.17) is 0 Å². The Morgan fingerprint density at radius 2 is 1.84 bits per heavy atom. The zero-order valence-corrected chi connectivity index (χ0v) is 21.0. The molecule has 0 aliphatic heterocycles. The first-order valence-electron chi connectivity index (χ1n) is 12.4. The minimum absolute atomic E-state index is 0.0863. The number of fused-ring (bicyclic) bond motifs is 2. The minimum Gasteiger partial charge on any atom is -0.352 e. The molecule has 0 unspecified atom stereocenters. The molecule has 1 aromatic carbocycles. The number of aromatic nitrogens is 5. The van der Waals surface area contributed by atoms with Crippen LogP contribution in [0.15, 0.2) is 67.3 Å². The topological polar surface area (TPSA) is 99.3 Å². The molecular formula is C29H24N6OS. The van der Waals surface area contributed by atoms with Gasteiger partial charge in [-0.1, -0.05) is 12.5 Å². The lowest BCUT2D eigenvalue weighted by Gasteiger charge is -2.24. The smallest absolute Gasteiger partial charge is 0.227 e. The number of H-pyrrole nitrogens is 2. The van der Waals surface area contributed by atoms with Crippen molar-refractivity contribution in [2.45, 2.75) is 26.2 Å². The van der Waals surface area contributed by atoms with Crippen LogP contribution in [0.3, 0.4) is 0 Å². The van der Waals surface area contributed by atoms with Crippen LogP contribution in [0, 0.1) is 12.8 Å². The van der Waals surface area contributed by atoms with Crippen molar-refractivity contribution >= 4 is 44.7 Å². The summed E-state index contributed by atoms with van der Waals surface area (Å²) >= 11 is 1.77. The Balaban J connectivity index is 1.26. The van der Waals surface area contributed by atoms with E-state index in [0.717, 1.165) is 74.8 Å². The van der Waals surface area contributed by atoms with Gasteiger partial charge in [-0.15, -0.1) is 11.3 Å². The molecule has 1 fully saturated rings. The van der Waals surface area contributed by atoms with E-state index in [2.05, 4.69) is 61.7 Å². The number of hydrogen-bond acceptors (Lipinski definition) is 5. The monoisotopic (exact) mass is 504 g/mol. The van der Waals surface area contributed by atoms with Gasteiger partial charge in [0.25, 0.3) is 0 Å². The molecule has 1 aliphatic rings. The molecule has 5 aromatic heterocycles. The zero-order chi connectivity index (χ0) is 24.9. The number of carbonyl (C=O) groups excluding carboxylic acids is 1. The Bertz CT molecular complexity index is 1790. The van der Waals surface area contributed by atoms with Gasteiger partial charge in [-0.2, -0.15) is 5.10 Å². The summed E-state index contributed by atoms with van der Waals surface area (Å²) in [5.41, 5.74) is 7.50. The number of hydrogen-bond donors (Lipinski definition) is 3. The van der Waals surface area contributed by atoms with E-state index < -0.39 is 0 Å². The van der Waals surface area contributed by atoms with E-state index in [1.807, 2.05) is 36.8 Å². The van der Waals surface area contributed by atoms with Gasteiger partial charge in [0.2, 0.25) is 5.91 Å². The van der Waals surface area contributed by atoms with E-state index in [1.54, 1.807) is 17.5 Å². The Morgan fingerprint density at radius 1 is 0.946 bits per heavy atom. The van der Waals surface area contributed by atoms with Crippen LogP contribution in [0.1, 0.15) is 24.1 Å². The van der Waals surface area contributed by atoms with E-state index in [0.29, 0.717) is 0 Å². The number of nitrogens with one attached hydrogen (secondary N) is 3. The van der Waals surface area contributed by atoms with Crippen molar-refractivity contribution in [1.29, 1.82) is 0 Å². The van der Waals surface area contributed by atoms with Crippen molar-refractivity contribution < 1.29 is 4.79 Å². The average molecular weight is 505 g/mol. The molecule has 0 atom stereocenters. The van der Waals surface area contributed by atoms with Gasteiger partial charge in [-0.05, 0) is 61.7 Å². The van der Waals surface area contributed by atoms with E-state index >= 15 is 0 Å². The fourth-order valence-electron chi connectivity index (χ4n) is 4.93. The van der Waals surface area contributed by atoms with Crippen molar-refractivity contribution in [2.75, 3.05) is 5.32 Å². The highest BCUT2D eigenvalue weighted by molar-refractivity contribution is 7.15. The Morgan fingerprint density at radius 3 is 2.65 bits per heavy atom. The standard InChI is InChI=1S/C29H24N6OS/c1-16-5-8-27(37-16)23-14-31-15-26-21(23)11-25(33-26)28-22-10-18(6-7-24(22)34-35-28)19-9-20(13-30-12-19)32-29(36)17-3-2-4-17/h5-15,17,33H,2-4H2,1H3,(H,32,36)(H,34,35). The molecule has 1 aliphatic carbocycles. The number of pyridine rings is 2. The van der Waals surface area contributed by atoms with Gasteiger partial charge < -0.3 is 10.3 Å². The molecule has 1 amide bonds. The maximum Gasteiger partial charge on any atom is 0.227 e. The summed E-state index contributed by atoms with van der Waals surface area (Å²) < 4.78 is 0. The van der Waals surface area contributed by atoms with Gasteiger partial charge in [-0.25, -0.2) is 0 Å². The van der Waals surface area contributed by atoms with Crippen molar-refractivity contribution in [1.82, 2.24) is 25.1 Å². The van der Waals surface area contributed by atoms with E-state index in [1.165, 1.54) is 9.75 Å². The fourth-order valence-corrected chi connectivity index (χ4v) is 5.83. The van der Waals surface area contributed by atoms with Gasteiger partial charge in [0.15, 0.2) is 0 Å². The molecule has 5 heterocycles. The second-order valence-corrected chi connectivity index (χ2v) is 10.9. The average Bonchev–Trinajstić information content (AvgIpc) is 3.60. The van der Waals surface area contributed by atoms with Gasteiger partial charge in [0.05, 0.1) is 34.8 Å². The molecule has 0 saturated heterocycles. The number of nitrogens with zero attached hydrogens (tertiary/aromatic N) is 3. The second kappa shape index (κ2) is 8.67. The largest absolute Gasteiger partial charge is 0.352 e. The SMILES string of the molecule is Cc1ccc(-c2cncc3[nH]c(-c4n[nH]c5ccc(-c6cncc(NC(=O)C7CCC7)c6)cc45)cc23)s1. The number of benzene rings is 1. The van der Waals surface area contributed by atoms with Gasteiger partial charge in [0, 0.05) is 50.0 Å². The summed E-state index contributed by atoms with van der Waals surface area (Å²) in [7, 11) is 0. The van der Waals surface area contributed by atoms with Crippen LogP contribution in [0.2, 0.25) is 0 Å². The normalized spacial score (nSPS) is 13.8. The van der Waals surface area contributed by atoms with Crippen LogP contribution >= 0.6 is 11.3 Å². The van der Waals surface area contributed by atoms with Gasteiger partial charge >= 0.3 is 0 Å². The molecule has 3 N–H and O–H groups in total. The summed E-state index contributed by atoms with van der Waals surface area (Å²) in [6.45, 7) is 2.12. The molecule has 0 bridgehead atoms. The van der Waals surface area contributed by atoms with Crippen molar-refractivity contribution in [3.8, 4) is 33.0 Å². The first kappa shape index (κ1) is 21.9. The molecule has 8 heteroatoms. The molecular weight excluding hydrogens is 480 g/mol. The molecule has 1 saturated carbocycles. The predicted molar refractivity (Wildman–Crippen MR) is 148 cm³/mol. The van der Waals surface area contributed by atoms with Crippen LogP contribution in [0.4, 0.5) is 5.69 Å².